The Morgan fingerprint density at radius 1 is 1.23 bits per heavy atom. The van der Waals surface area contributed by atoms with Gasteiger partial charge in [-0.25, -0.2) is 9.97 Å². The number of ether oxygens (including phenoxy) is 1. The molecule has 7 nitrogen and oxygen atoms in total. The molecule has 1 aliphatic carbocycles. The van der Waals surface area contributed by atoms with Crippen LogP contribution in [0.3, 0.4) is 0 Å². The standard InChI is InChI=1S/C15H21N3O4/c19-12-5-11(10-6-16-8-17-7-10)13(14(12)20)18-15(21)9-1-3-22-4-2-9/h6-9,11-14,19-20H,1-5H2,(H,18,21). The van der Waals surface area contributed by atoms with Crippen LogP contribution in [-0.2, 0) is 9.53 Å². The van der Waals surface area contributed by atoms with Crippen molar-refractivity contribution in [1.29, 1.82) is 0 Å². The fourth-order valence-electron chi connectivity index (χ4n) is 3.30. The first-order valence-corrected chi connectivity index (χ1v) is 7.66. The number of carbonyl (C=O) groups excluding carboxylic acids is 1. The highest BCUT2D eigenvalue weighted by atomic mass is 16.5. The number of carbonyl (C=O) groups is 1. The second-order valence-corrected chi connectivity index (χ2v) is 5.99. The topological polar surface area (TPSA) is 105 Å². The molecule has 2 fully saturated rings. The van der Waals surface area contributed by atoms with Crippen molar-refractivity contribution in [2.45, 2.75) is 43.4 Å². The maximum atomic E-state index is 12.4. The minimum Gasteiger partial charge on any atom is -0.390 e. The van der Waals surface area contributed by atoms with E-state index in [1.54, 1.807) is 12.4 Å². The van der Waals surface area contributed by atoms with E-state index >= 15 is 0 Å². The van der Waals surface area contributed by atoms with Crippen LogP contribution in [0.5, 0.6) is 0 Å². The van der Waals surface area contributed by atoms with E-state index in [1.807, 2.05) is 0 Å². The number of amides is 1. The van der Waals surface area contributed by atoms with Crippen LogP contribution in [0.25, 0.3) is 0 Å². The van der Waals surface area contributed by atoms with Gasteiger partial charge in [-0.3, -0.25) is 4.79 Å². The van der Waals surface area contributed by atoms with Crippen molar-refractivity contribution in [3.63, 3.8) is 0 Å². The number of hydrogen-bond acceptors (Lipinski definition) is 6. The lowest BCUT2D eigenvalue weighted by molar-refractivity contribution is -0.129. The zero-order chi connectivity index (χ0) is 15.5. The number of hydrogen-bond donors (Lipinski definition) is 3. The monoisotopic (exact) mass is 307 g/mol. The number of nitrogens with one attached hydrogen (secondary N) is 1. The molecule has 2 aliphatic rings. The van der Waals surface area contributed by atoms with E-state index in [2.05, 4.69) is 15.3 Å². The van der Waals surface area contributed by atoms with Gasteiger partial charge in [-0.2, -0.15) is 0 Å². The van der Waals surface area contributed by atoms with Gasteiger partial charge in [0, 0.05) is 37.4 Å². The largest absolute Gasteiger partial charge is 0.390 e. The highest BCUT2D eigenvalue weighted by Gasteiger charge is 2.44. The van der Waals surface area contributed by atoms with Gasteiger partial charge in [0.15, 0.2) is 0 Å². The first-order valence-electron chi connectivity index (χ1n) is 7.66. The van der Waals surface area contributed by atoms with Crippen molar-refractivity contribution in [3.05, 3.63) is 24.3 Å². The van der Waals surface area contributed by atoms with E-state index in [0.29, 0.717) is 32.5 Å². The third-order valence-corrected chi connectivity index (χ3v) is 4.60. The lowest BCUT2D eigenvalue weighted by atomic mass is 9.94. The molecule has 0 spiro atoms. The molecule has 1 amide bonds. The van der Waals surface area contributed by atoms with Crippen LogP contribution in [0.15, 0.2) is 18.7 Å². The SMILES string of the molecule is O=C(NC1C(c2cncnc2)CC(O)C1O)C1CCOCC1. The Morgan fingerprint density at radius 2 is 1.91 bits per heavy atom. The summed E-state index contributed by atoms with van der Waals surface area (Å²) in [5.41, 5.74) is 0.815. The summed E-state index contributed by atoms with van der Waals surface area (Å²) in [4.78, 5) is 20.4. The number of rotatable bonds is 3. The van der Waals surface area contributed by atoms with Crippen LogP contribution in [0, 0.1) is 5.92 Å². The average Bonchev–Trinajstić information content (AvgIpc) is 2.85. The van der Waals surface area contributed by atoms with Gasteiger partial charge < -0.3 is 20.3 Å². The maximum absolute atomic E-state index is 12.4. The van der Waals surface area contributed by atoms with Gasteiger partial charge >= 0.3 is 0 Å². The Bertz CT molecular complexity index is 507. The van der Waals surface area contributed by atoms with Crippen LogP contribution in [0.2, 0.25) is 0 Å². The smallest absolute Gasteiger partial charge is 0.223 e. The van der Waals surface area contributed by atoms with Crippen LogP contribution in [-0.4, -0.2) is 57.6 Å². The fourth-order valence-corrected chi connectivity index (χ4v) is 3.30. The molecule has 7 heteroatoms. The molecule has 3 N–H and O–H groups in total. The number of aliphatic hydroxyl groups excluding tert-OH is 2. The predicted molar refractivity (Wildman–Crippen MR) is 76.9 cm³/mol. The third-order valence-electron chi connectivity index (χ3n) is 4.60. The van der Waals surface area contributed by atoms with Crippen molar-refractivity contribution in [2.24, 2.45) is 5.92 Å². The van der Waals surface area contributed by atoms with Crippen molar-refractivity contribution in [1.82, 2.24) is 15.3 Å². The first kappa shape index (κ1) is 15.3. The zero-order valence-electron chi connectivity index (χ0n) is 12.3. The molecule has 22 heavy (non-hydrogen) atoms. The minimum absolute atomic E-state index is 0.0803. The van der Waals surface area contributed by atoms with Gasteiger partial charge in [0.25, 0.3) is 0 Å². The Kier molecular flexibility index (Phi) is 4.66. The zero-order valence-corrected chi connectivity index (χ0v) is 12.3. The third kappa shape index (κ3) is 3.11. The average molecular weight is 307 g/mol. The molecule has 4 unspecified atom stereocenters. The molecule has 120 valence electrons. The van der Waals surface area contributed by atoms with Crippen LogP contribution in [0.1, 0.15) is 30.7 Å². The summed E-state index contributed by atoms with van der Waals surface area (Å²) in [6, 6.07) is -0.517. The molecule has 2 heterocycles. The van der Waals surface area contributed by atoms with E-state index in [-0.39, 0.29) is 17.7 Å². The minimum atomic E-state index is -0.978. The lowest BCUT2D eigenvalue weighted by Crippen LogP contribution is -2.48. The molecule has 0 bridgehead atoms. The Morgan fingerprint density at radius 3 is 2.59 bits per heavy atom. The molecule has 0 aromatic carbocycles. The number of aliphatic hydroxyl groups is 2. The fraction of sp³-hybridized carbons (Fsp3) is 0.667. The lowest BCUT2D eigenvalue weighted by Gasteiger charge is -2.27. The summed E-state index contributed by atoms with van der Waals surface area (Å²) in [6.07, 6.45) is 4.69. The van der Waals surface area contributed by atoms with Crippen LogP contribution < -0.4 is 5.32 Å². The summed E-state index contributed by atoms with van der Waals surface area (Å²) in [5, 5.41) is 23.1. The molecule has 1 saturated heterocycles. The molecular weight excluding hydrogens is 286 g/mol. The number of aromatic nitrogens is 2. The Hall–Kier alpha value is -1.57. The van der Waals surface area contributed by atoms with E-state index in [0.717, 1.165) is 5.56 Å². The summed E-state index contributed by atoms with van der Waals surface area (Å²) in [6.45, 7) is 1.17. The summed E-state index contributed by atoms with van der Waals surface area (Å²) in [7, 11) is 0. The van der Waals surface area contributed by atoms with Crippen LogP contribution >= 0.6 is 0 Å². The van der Waals surface area contributed by atoms with Crippen molar-refractivity contribution >= 4 is 5.91 Å². The second-order valence-electron chi connectivity index (χ2n) is 5.99. The second kappa shape index (κ2) is 6.68. The maximum Gasteiger partial charge on any atom is 0.223 e. The summed E-state index contributed by atoms with van der Waals surface area (Å²) >= 11 is 0. The quantitative estimate of drug-likeness (QED) is 0.702. The van der Waals surface area contributed by atoms with Gasteiger partial charge in [0.1, 0.15) is 12.4 Å². The highest BCUT2D eigenvalue weighted by molar-refractivity contribution is 5.79. The van der Waals surface area contributed by atoms with E-state index in [9.17, 15) is 15.0 Å². The molecular formula is C15H21N3O4. The number of nitrogens with zero attached hydrogens (tertiary/aromatic N) is 2. The van der Waals surface area contributed by atoms with Gasteiger partial charge in [-0.1, -0.05) is 0 Å². The summed E-state index contributed by atoms with van der Waals surface area (Å²) < 4.78 is 5.26. The van der Waals surface area contributed by atoms with Crippen molar-refractivity contribution < 1.29 is 19.7 Å². The molecule has 1 aromatic heterocycles. The van der Waals surface area contributed by atoms with E-state index in [1.165, 1.54) is 6.33 Å². The Labute approximate surface area is 128 Å². The normalized spacial score (nSPS) is 32.8. The van der Waals surface area contributed by atoms with Crippen molar-refractivity contribution in [2.75, 3.05) is 13.2 Å². The first-order chi connectivity index (χ1) is 10.7. The molecule has 4 atom stereocenters. The van der Waals surface area contributed by atoms with Gasteiger partial charge in [0.2, 0.25) is 5.91 Å². The molecule has 1 aromatic rings. The van der Waals surface area contributed by atoms with Crippen molar-refractivity contribution in [3.8, 4) is 0 Å². The highest BCUT2D eigenvalue weighted by Crippen LogP contribution is 2.35. The molecule has 0 radical (unpaired) electrons. The Balaban J connectivity index is 1.72. The molecule has 3 rings (SSSR count). The van der Waals surface area contributed by atoms with Crippen LogP contribution in [0.4, 0.5) is 0 Å². The van der Waals surface area contributed by atoms with Gasteiger partial charge in [0.05, 0.1) is 12.1 Å². The summed E-state index contributed by atoms with van der Waals surface area (Å²) in [5.74, 6) is -0.357. The van der Waals surface area contributed by atoms with E-state index < -0.39 is 18.2 Å². The molecule has 1 aliphatic heterocycles. The van der Waals surface area contributed by atoms with E-state index in [4.69, 9.17) is 4.74 Å². The van der Waals surface area contributed by atoms with Gasteiger partial charge in [-0.15, -0.1) is 0 Å². The molecule has 1 saturated carbocycles. The van der Waals surface area contributed by atoms with Gasteiger partial charge in [-0.05, 0) is 24.8 Å². The predicted octanol–water partition coefficient (Wildman–Crippen LogP) is -0.403.